The Morgan fingerprint density at radius 3 is 2.35 bits per heavy atom. The molecule has 1 atom stereocenters. The molecule has 1 spiro atoms. The van der Waals surface area contributed by atoms with Crippen molar-refractivity contribution < 1.29 is 14.7 Å². The SMILES string of the molecule is O=C(Nc1ccccc1O)[C@@H]1c2ccccc2C(=O)N(C2CCCC2)C12CCCCC2. The second-order valence-electron chi connectivity index (χ2n) is 9.30. The van der Waals surface area contributed by atoms with E-state index in [2.05, 4.69) is 10.2 Å². The summed E-state index contributed by atoms with van der Waals surface area (Å²) in [4.78, 5) is 29.8. The van der Waals surface area contributed by atoms with Gasteiger partial charge in [-0.3, -0.25) is 9.59 Å². The van der Waals surface area contributed by atoms with Gasteiger partial charge in [0.05, 0.1) is 17.1 Å². The Morgan fingerprint density at radius 1 is 0.935 bits per heavy atom. The number of hydrogen-bond acceptors (Lipinski definition) is 3. The summed E-state index contributed by atoms with van der Waals surface area (Å²) in [7, 11) is 0. The van der Waals surface area contributed by atoms with Gasteiger partial charge >= 0.3 is 0 Å². The summed E-state index contributed by atoms with van der Waals surface area (Å²) in [5, 5.41) is 13.2. The summed E-state index contributed by atoms with van der Waals surface area (Å²) >= 11 is 0. The fraction of sp³-hybridized carbons (Fsp3) is 0.462. The predicted octanol–water partition coefficient (Wildman–Crippen LogP) is 5.22. The van der Waals surface area contributed by atoms with Crippen molar-refractivity contribution in [2.45, 2.75) is 75.3 Å². The van der Waals surface area contributed by atoms with Gasteiger partial charge in [0.15, 0.2) is 0 Å². The number of phenols is 1. The molecule has 2 fully saturated rings. The topological polar surface area (TPSA) is 69.6 Å². The minimum absolute atomic E-state index is 0.0568. The molecule has 2 aromatic carbocycles. The number of benzene rings is 2. The molecule has 0 bridgehead atoms. The van der Waals surface area contributed by atoms with Gasteiger partial charge in [0.2, 0.25) is 5.91 Å². The molecule has 1 aliphatic heterocycles. The van der Waals surface area contributed by atoms with Crippen LogP contribution in [0.3, 0.4) is 0 Å². The zero-order valence-corrected chi connectivity index (χ0v) is 17.8. The molecule has 2 aliphatic carbocycles. The molecule has 2 amide bonds. The van der Waals surface area contributed by atoms with E-state index >= 15 is 0 Å². The molecule has 5 nitrogen and oxygen atoms in total. The van der Waals surface area contributed by atoms with Crippen molar-refractivity contribution in [3.8, 4) is 5.75 Å². The molecule has 5 heteroatoms. The van der Waals surface area contributed by atoms with Crippen LogP contribution in [0, 0.1) is 0 Å². The van der Waals surface area contributed by atoms with Gasteiger partial charge in [-0.1, -0.05) is 62.4 Å². The second-order valence-corrected chi connectivity index (χ2v) is 9.30. The third-order valence-electron chi connectivity index (χ3n) is 7.57. The molecule has 0 unspecified atom stereocenters. The number of para-hydroxylation sites is 2. The summed E-state index contributed by atoms with van der Waals surface area (Å²) in [5.41, 5.74) is 1.41. The van der Waals surface area contributed by atoms with Gasteiger partial charge in [0.1, 0.15) is 5.75 Å². The molecule has 1 heterocycles. The molecule has 0 saturated heterocycles. The molecular weight excluding hydrogens is 388 g/mol. The number of phenolic OH excluding ortho intramolecular Hbond substituents is 1. The van der Waals surface area contributed by atoms with Gasteiger partial charge in [0.25, 0.3) is 5.91 Å². The molecule has 2 saturated carbocycles. The number of amides is 2. The van der Waals surface area contributed by atoms with Crippen molar-refractivity contribution in [3.63, 3.8) is 0 Å². The molecule has 2 aromatic rings. The first kappa shape index (κ1) is 20.1. The monoisotopic (exact) mass is 418 g/mol. The zero-order chi connectivity index (χ0) is 21.4. The fourth-order valence-electron chi connectivity index (χ4n) is 6.26. The molecule has 0 radical (unpaired) electrons. The van der Waals surface area contributed by atoms with Crippen molar-refractivity contribution in [2.75, 3.05) is 5.32 Å². The van der Waals surface area contributed by atoms with Crippen molar-refractivity contribution in [3.05, 3.63) is 59.7 Å². The van der Waals surface area contributed by atoms with Gasteiger partial charge in [-0.2, -0.15) is 0 Å². The van der Waals surface area contributed by atoms with Crippen LogP contribution in [0.15, 0.2) is 48.5 Å². The molecule has 162 valence electrons. The molecule has 31 heavy (non-hydrogen) atoms. The number of hydrogen-bond donors (Lipinski definition) is 2. The number of carbonyl (C=O) groups excluding carboxylic acids is 2. The first-order chi connectivity index (χ1) is 15.1. The maximum atomic E-state index is 13.9. The van der Waals surface area contributed by atoms with Crippen LogP contribution in [0.2, 0.25) is 0 Å². The van der Waals surface area contributed by atoms with Crippen LogP contribution in [-0.4, -0.2) is 33.4 Å². The molecule has 2 N–H and O–H groups in total. The van der Waals surface area contributed by atoms with Crippen LogP contribution < -0.4 is 5.32 Å². The highest BCUT2D eigenvalue weighted by molar-refractivity contribution is 6.05. The third kappa shape index (κ3) is 3.31. The fourth-order valence-corrected chi connectivity index (χ4v) is 6.26. The standard InChI is InChI=1S/C26H30N2O3/c29-22-15-7-6-14-21(22)27-24(30)23-19-12-4-5-13-20(19)25(31)28(18-10-2-3-11-18)26(23)16-8-1-9-17-26/h4-7,12-15,18,23,29H,1-3,8-11,16-17H2,(H,27,30)/t23-/m0/s1. The first-order valence-corrected chi connectivity index (χ1v) is 11.6. The number of fused-ring (bicyclic) bond motifs is 1. The Balaban J connectivity index is 1.63. The lowest BCUT2D eigenvalue weighted by Crippen LogP contribution is -2.64. The van der Waals surface area contributed by atoms with E-state index in [0.29, 0.717) is 11.3 Å². The lowest BCUT2D eigenvalue weighted by atomic mass is 9.64. The zero-order valence-electron chi connectivity index (χ0n) is 17.8. The van der Waals surface area contributed by atoms with Gasteiger partial charge in [-0.05, 0) is 49.4 Å². The van der Waals surface area contributed by atoms with Crippen LogP contribution in [0.5, 0.6) is 5.75 Å². The van der Waals surface area contributed by atoms with Crippen LogP contribution in [-0.2, 0) is 4.79 Å². The Hall–Kier alpha value is -2.82. The van der Waals surface area contributed by atoms with E-state index in [-0.39, 0.29) is 23.6 Å². The van der Waals surface area contributed by atoms with Crippen molar-refractivity contribution in [2.24, 2.45) is 0 Å². The third-order valence-corrected chi connectivity index (χ3v) is 7.57. The van der Waals surface area contributed by atoms with E-state index in [1.807, 2.05) is 24.3 Å². The summed E-state index contributed by atoms with van der Waals surface area (Å²) in [6.45, 7) is 0. The Morgan fingerprint density at radius 2 is 1.61 bits per heavy atom. The molecule has 0 aromatic heterocycles. The van der Waals surface area contributed by atoms with E-state index in [4.69, 9.17) is 0 Å². The average Bonchev–Trinajstić information content (AvgIpc) is 3.30. The molecular formula is C26H30N2O3. The number of nitrogens with zero attached hydrogens (tertiary/aromatic N) is 1. The van der Waals surface area contributed by atoms with Crippen LogP contribution in [0.1, 0.15) is 79.6 Å². The summed E-state index contributed by atoms with van der Waals surface area (Å²) < 4.78 is 0. The van der Waals surface area contributed by atoms with Gasteiger partial charge in [0, 0.05) is 11.6 Å². The van der Waals surface area contributed by atoms with Gasteiger partial charge < -0.3 is 15.3 Å². The summed E-state index contributed by atoms with van der Waals surface area (Å²) in [5.74, 6) is -0.425. The Labute approximate surface area is 183 Å². The smallest absolute Gasteiger partial charge is 0.254 e. The Kier molecular flexibility index (Phi) is 5.20. The minimum Gasteiger partial charge on any atom is -0.506 e. The first-order valence-electron chi connectivity index (χ1n) is 11.6. The highest BCUT2D eigenvalue weighted by Crippen LogP contribution is 2.51. The number of anilines is 1. The average molecular weight is 419 g/mol. The number of nitrogens with one attached hydrogen (secondary N) is 1. The van der Waals surface area contributed by atoms with Crippen LogP contribution >= 0.6 is 0 Å². The van der Waals surface area contributed by atoms with Crippen molar-refractivity contribution >= 4 is 17.5 Å². The highest BCUT2D eigenvalue weighted by Gasteiger charge is 2.56. The number of rotatable bonds is 3. The highest BCUT2D eigenvalue weighted by atomic mass is 16.3. The van der Waals surface area contributed by atoms with E-state index in [0.717, 1.165) is 63.4 Å². The Bertz CT molecular complexity index is 990. The largest absolute Gasteiger partial charge is 0.506 e. The predicted molar refractivity (Wildman–Crippen MR) is 120 cm³/mol. The van der Waals surface area contributed by atoms with E-state index in [9.17, 15) is 14.7 Å². The van der Waals surface area contributed by atoms with Gasteiger partial charge in [-0.15, -0.1) is 0 Å². The van der Waals surface area contributed by atoms with E-state index in [1.165, 1.54) is 0 Å². The quantitative estimate of drug-likeness (QED) is 0.672. The van der Waals surface area contributed by atoms with E-state index < -0.39 is 11.5 Å². The minimum atomic E-state index is -0.493. The van der Waals surface area contributed by atoms with Crippen molar-refractivity contribution in [1.29, 1.82) is 0 Å². The normalized spacial score (nSPS) is 23.0. The van der Waals surface area contributed by atoms with Crippen LogP contribution in [0.25, 0.3) is 0 Å². The molecule has 5 rings (SSSR count). The summed E-state index contributed by atoms with van der Waals surface area (Å²) in [6.07, 6.45) is 9.21. The van der Waals surface area contributed by atoms with Crippen LogP contribution in [0.4, 0.5) is 5.69 Å². The second kappa shape index (κ2) is 8.03. The molecule has 3 aliphatic rings. The number of aromatic hydroxyl groups is 1. The maximum absolute atomic E-state index is 13.9. The maximum Gasteiger partial charge on any atom is 0.254 e. The lowest BCUT2D eigenvalue weighted by molar-refractivity contribution is -0.123. The summed E-state index contributed by atoms with van der Waals surface area (Å²) in [6, 6.07) is 14.7. The van der Waals surface area contributed by atoms with E-state index in [1.54, 1.807) is 24.3 Å². The van der Waals surface area contributed by atoms with Crippen molar-refractivity contribution in [1.82, 2.24) is 4.90 Å². The van der Waals surface area contributed by atoms with Gasteiger partial charge in [-0.25, -0.2) is 0 Å². The lowest BCUT2D eigenvalue weighted by Gasteiger charge is -2.56. The number of carbonyl (C=O) groups is 2.